The Morgan fingerprint density at radius 2 is 1.65 bits per heavy atom. The number of halogens is 2. The molecule has 2 N–H and O–H groups in total. The van der Waals surface area contributed by atoms with E-state index in [1.807, 2.05) is 0 Å². The number of fused-ring (bicyclic) bond motifs is 1. The molecule has 0 aromatic heterocycles. The predicted octanol–water partition coefficient (Wildman–Crippen LogP) is 2.13. The normalized spacial score (nSPS) is 14.9. The average Bonchev–Trinajstić information content (AvgIpc) is 3.04. The quantitative estimate of drug-likeness (QED) is 0.642. The number of carbonyl (C=O) groups is 1. The van der Waals surface area contributed by atoms with Gasteiger partial charge in [-0.05, 0) is 47.4 Å². The molecule has 12 heteroatoms. The van der Waals surface area contributed by atoms with Crippen molar-refractivity contribution in [3.05, 3.63) is 63.1 Å². The summed E-state index contributed by atoms with van der Waals surface area (Å²) in [5.41, 5.74) is 8.25. The monoisotopic (exact) mass is 505 g/mol. The third kappa shape index (κ3) is 5.32. The highest BCUT2D eigenvalue weighted by Crippen LogP contribution is 2.30. The van der Waals surface area contributed by atoms with Crippen LogP contribution in [0.25, 0.3) is 0 Å². The van der Waals surface area contributed by atoms with E-state index in [4.69, 9.17) is 28.9 Å². The highest BCUT2D eigenvalue weighted by atomic mass is 35.5. The highest BCUT2D eigenvalue weighted by molar-refractivity contribution is 8.09. The van der Waals surface area contributed by atoms with Crippen LogP contribution in [0.4, 0.5) is 5.69 Å². The largest absolute Gasteiger partial charge is 0.333 e. The molecule has 0 aliphatic carbocycles. The summed E-state index contributed by atoms with van der Waals surface area (Å²) in [6, 6.07) is 8.61. The molecule has 8 nitrogen and oxygen atoms in total. The first kappa shape index (κ1) is 23.8. The third-order valence-corrected chi connectivity index (χ3v) is 8.65. The van der Waals surface area contributed by atoms with Crippen molar-refractivity contribution < 1.29 is 21.6 Å². The number of nitrogens with two attached hydrogens (primary N) is 1. The number of rotatable bonds is 6. The molecule has 0 saturated heterocycles. The maximum absolute atomic E-state index is 12.9. The summed E-state index contributed by atoms with van der Waals surface area (Å²) in [5, 5.41) is 0.906. The first-order valence-electron chi connectivity index (χ1n) is 9.08. The molecule has 1 aliphatic heterocycles. The number of amides is 1. The molecule has 1 aliphatic rings. The molecule has 0 radical (unpaired) electrons. The van der Waals surface area contributed by atoms with Gasteiger partial charge in [0.15, 0.2) is 0 Å². The third-order valence-electron chi connectivity index (χ3n) is 4.81. The zero-order valence-corrected chi connectivity index (χ0v) is 19.9. The molecule has 2 aromatic rings. The van der Waals surface area contributed by atoms with Crippen LogP contribution in [0.15, 0.2) is 36.4 Å². The Morgan fingerprint density at radius 1 is 1.03 bits per heavy atom. The van der Waals surface area contributed by atoms with Gasteiger partial charge in [-0.2, -0.15) is 3.71 Å². The van der Waals surface area contributed by atoms with Gasteiger partial charge in [0.05, 0.1) is 24.2 Å². The smallest absolute Gasteiger partial charge is 0.245 e. The summed E-state index contributed by atoms with van der Waals surface area (Å²) in [4.78, 5) is 14.4. The van der Waals surface area contributed by atoms with Crippen LogP contribution < -0.4 is 9.44 Å². The van der Waals surface area contributed by atoms with Gasteiger partial charge in [0.1, 0.15) is 0 Å². The fourth-order valence-electron chi connectivity index (χ4n) is 3.53. The van der Waals surface area contributed by atoms with Gasteiger partial charge in [0.2, 0.25) is 26.0 Å². The molecule has 0 fully saturated rings. The van der Waals surface area contributed by atoms with Gasteiger partial charge in [0.25, 0.3) is 0 Å². The van der Waals surface area contributed by atoms with Crippen LogP contribution in [0, 0.1) is 0 Å². The first-order valence-corrected chi connectivity index (χ1v) is 13.5. The van der Waals surface area contributed by atoms with Crippen molar-refractivity contribution in [1.82, 2.24) is 4.90 Å². The Kier molecular flexibility index (Phi) is 6.60. The van der Waals surface area contributed by atoms with Crippen LogP contribution >= 0.6 is 23.2 Å². The molecule has 0 unspecified atom stereocenters. The lowest BCUT2D eigenvalue weighted by atomic mass is 10.1. The molecule has 168 valence electrons. The second-order valence-corrected chi connectivity index (χ2v) is 12.2. The van der Waals surface area contributed by atoms with E-state index in [2.05, 4.69) is 0 Å². The van der Waals surface area contributed by atoms with Crippen LogP contribution in [-0.2, 0) is 44.4 Å². The molecule has 3 rings (SSSR count). The molecule has 31 heavy (non-hydrogen) atoms. The number of sulfonamides is 2. The summed E-state index contributed by atoms with van der Waals surface area (Å²) in [6.07, 6.45) is 1.86. The van der Waals surface area contributed by atoms with E-state index in [-0.39, 0.29) is 31.1 Å². The van der Waals surface area contributed by atoms with E-state index < -0.39 is 26.1 Å². The molecule has 0 bridgehead atoms. The molecular weight excluding hydrogens is 485 g/mol. The number of anilines is 1. The molecule has 1 atom stereocenters. The van der Waals surface area contributed by atoms with Crippen molar-refractivity contribution in [2.75, 3.05) is 16.2 Å². The zero-order valence-electron chi connectivity index (χ0n) is 16.7. The SMILES string of the molecule is CS(=O)(=O)N(c1ccc2c(c1)CN(C(=O)[C@H](N)Cc1ccc(Cl)cc1Cl)C2)S(C)(=O)=O. The van der Waals surface area contributed by atoms with E-state index in [1.165, 1.54) is 17.0 Å². The fourth-order valence-corrected chi connectivity index (χ4v) is 6.97. The number of benzene rings is 2. The van der Waals surface area contributed by atoms with Gasteiger partial charge < -0.3 is 10.6 Å². The van der Waals surface area contributed by atoms with Crippen molar-refractivity contribution >= 4 is 54.8 Å². The lowest BCUT2D eigenvalue weighted by molar-refractivity contribution is -0.133. The van der Waals surface area contributed by atoms with Crippen LogP contribution in [0.2, 0.25) is 10.0 Å². The highest BCUT2D eigenvalue weighted by Gasteiger charge is 2.31. The molecule has 0 spiro atoms. The summed E-state index contributed by atoms with van der Waals surface area (Å²) in [5.74, 6) is -0.299. The van der Waals surface area contributed by atoms with E-state index in [1.54, 1.807) is 24.3 Å². The fraction of sp³-hybridized carbons (Fsp3) is 0.316. The minimum Gasteiger partial charge on any atom is -0.333 e. The lowest BCUT2D eigenvalue weighted by Crippen LogP contribution is -2.42. The van der Waals surface area contributed by atoms with Crippen molar-refractivity contribution in [3.8, 4) is 0 Å². The van der Waals surface area contributed by atoms with Crippen molar-refractivity contribution in [3.63, 3.8) is 0 Å². The van der Waals surface area contributed by atoms with Crippen molar-refractivity contribution in [2.45, 2.75) is 25.6 Å². The minimum atomic E-state index is -4.06. The number of carbonyl (C=O) groups excluding carboxylic acids is 1. The van der Waals surface area contributed by atoms with Gasteiger partial charge in [-0.1, -0.05) is 35.3 Å². The van der Waals surface area contributed by atoms with Gasteiger partial charge in [-0.3, -0.25) is 4.79 Å². The van der Waals surface area contributed by atoms with Crippen LogP contribution in [-0.4, -0.2) is 46.2 Å². The second kappa shape index (κ2) is 8.59. The Labute approximate surface area is 191 Å². The number of hydrogen-bond acceptors (Lipinski definition) is 6. The van der Waals surface area contributed by atoms with Crippen LogP contribution in [0.5, 0.6) is 0 Å². The summed E-state index contributed by atoms with van der Waals surface area (Å²) in [7, 11) is -8.11. The van der Waals surface area contributed by atoms with Gasteiger partial charge in [0, 0.05) is 23.1 Å². The summed E-state index contributed by atoms with van der Waals surface area (Å²) >= 11 is 12.1. The van der Waals surface area contributed by atoms with E-state index >= 15 is 0 Å². The zero-order chi connectivity index (χ0) is 23.1. The topological polar surface area (TPSA) is 118 Å². The Balaban J connectivity index is 1.79. The maximum atomic E-state index is 12.9. The van der Waals surface area contributed by atoms with E-state index in [9.17, 15) is 21.6 Å². The maximum Gasteiger partial charge on any atom is 0.245 e. The lowest BCUT2D eigenvalue weighted by Gasteiger charge is -2.21. The van der Waals surface area contributed by atoms with Gasteiger partial charge in [-0.25, -0.2) is 16.8 Å². The standard InChI is InChI=1S/C19H21Cl2N3O5S2/c1-30(26,27)24(31(2,28)29)16-6-4-13-10-23(11-14(13)7-16)19(25)18(22)8-12-3-5-15(20)9-17(12)21/h3-7,9,18H,8,10-11,22H2,1-2H3/t18-/m1/s1. The van der Waals surface area contributed by atoms with E-state index in [0.717, 1.165) is 18.1 Å². The Hall–Kier alpha value is -1.85. The van der Waals surface area contributed by atoms with E-state index in [0.29, 0.717) is 24.9 Å². The Bertz CT molecular complexity index is 1220. The summed E-state index contributed by atoms with van der Waals surface area (Å²) < 4.78 is 48.4. The van der Waals surface area contributed by atoms with Crippen molar-refractivity contribution in [2.24, 2.45) is 5.73 Å². The van der Waals surface area contributed by atoms with Crippen LogP contribution in [0.1, 0.15) is 16.7 Å². The number of hydrogen-bond donors (Lipinski definition) is 1. The Morgan fingerprint density at radius 3 is 2.23 bits per heavy atom. The predicted molar refractivity (Wildman–Crippen MR) is 121 cm³/mol. The molecule has 1 heterocycles. The molecule has 0 saturated carbocycles. The second-order valence-electron chi connectivity index (χ2n) is 7.42. The molecule has 1 amide bonds. The minimum absolute atomic E-state index is 0.00436. The number of nitrogens with zero attached hydrogens (tertiary/aromatic N) is 2. The van der Waals surface area contributed by atoms with Gasteiger partial charge >= 0.3 is 0 Å². The van der Waals surface area contributed by atoms with Gasteiger partial charge in [-0.15, -0.1) is 0 Å². The average molecular weight is 506 g/mol. The molecule has 2 aromatic carbocycles. The summed E-state index contributed by atoms with van der Waals surface area (Å²) in [6.45, 7) is 0.472. The van der Waals surface area contributed by atoms with Crippen molar-refractivity contribution in [1.29, 1.82) is 0 Å². The molecular formula is C19H21Cl2N3O5S2. The van der Waals surface area contributed by atoms with Crippen LogP contribution in [0.3, 0.4) is 0 Å². The first-order chi connectivity index (χ1) is 14.3.